The molecule has 8 heteroatoms. The van der Waals surface area contributed by atoms with Gasteiger partial charge in [-0.05, 0) is 49.4 Å². The van der Waals surface area contributed by atoms with E-state index in [1.165, 1.54) is 49.6 Å². The molecule has 2 aromatic heterocycles. The first-order valence-corrected chi connectivity index (χ1v) is 9.74. The van der Waals surface area contributed by atoms with Gasteiger partial charge in [0.15, 0.2) is 16.9 Å². The van der Waals surface area contributed by atoms with Crippen LogP contribution in [0, 0.1) is 0 Å². The number of hydrogen-bond acceptors (Lipinski definition) is 7. The molecular weight excluding hydrogens is 414 g/mol. The van der Waals surface area contributed by atoms with Gasteiger partial charge in [-0.1, -0.05) is 12.1 Å². The molecule has 5 rings (SSSR count). The van der Waals surface area contributed by atoms with Crippen LogP contribution in [0.15, 0.2) is 80.6 Å². The third kappa shape index (κ3) is 3.09. The van der Waals surface area contributed by atoms with Gasteiger partial charge in [-0.25, -0.2) is 4.79 Å². The number of carbonyl (C=O) groups is 3. The molecular formula is C24H15NO7. The Morgan fingerprint density at radius 1 is 0.906 bits per heavy atom. The number of hydrogen-bond donors (Lipinski definition) is 0. The van der Waals surface area contributed by atoms with Crippen LogP contribution >= 0.6 is 0 Å². The van der Waals surface area contributed by atoms with Crippen molar-refractivity contribution in [1.82, 2.24) is 4.90 Å². The molecule has 2 amide bonds. The highest BCUT2D eigenvalue weighted by molar-refractivity contribution is 6.22. The monoisotopic (exact) mass is 429 g/mol. The van der Waals surface area contributed by atoms with E-state index in [9.17, 15) is 19.2 Å². The molecule has 1 aliphatic rings. The van der Waals surface area contributed by atoms with Crippen molar-refractivity contribution in [2.75, 3.05) is 0 Å². The van der Waals surface area contributed by atoms with Gasteiger partial charge in [0.05, 0.1) is 22.8 Å². The number of nitrogens with zero attached hydrogens (tertiary/aromatic N) is 1. The Kier molecular flexibility index (Phi) is 4.48. The van der Waals surface area contributed by atoms with Crippen molar-refractivity contribution in [3.63, 3.8) is 0 Å². The normalized spacial score (nSPS) is 14.0. The fourth-order valence-corrected chi connectivity index (χ4v) is 3.61. The van der Waals surface area contributed by atoms with Gasteiger partial charge in [-0.2, -0.15) is 0 Å². The van der Waals surface area contributed by atoms with Gasteiger partial charge >= 0.3 is 5.97 Å². The van der Waals surface area contributed by atoms with E-state index < -0.39 is 23.8 Å². The van der Waals surface area contributed by atoms with E-state index >= 15 is 0 Å². The summed E-state index contributed by atoms with van der Waals surface area (Å²) in [6, 6.07) is 14.2. The van der Waals surface area contributed by atoms with Gasteiger partial charge < -0.3 is 13.6 Å². The molecule has 0 radical (unpaired) electrons. The van der Waals surface area contributed by atoms with E-state index in [2.05, 4.69) is 0 Å². The standard InChI is InChI=1S/C24H15NO7/c1-13(25-22(27)15-5-2-3-6-16(15)23(25)28)24(29)31-14-8-9-19-17(11-14)18(26)12-21(32-19)20-7-4-10-30-20/h2-13H,1H3. The molecule has 0 saturated carbocycles. The summed E-state index contributed by atoms with van der Waals surface area (Å²) in [6.07, 6.45) is 1.47. The van der Waals surface area contributed by atoms with Crippen molar-refractivity contribution in [1.29, 1.82) is 0 Å². The van der Waals surface area contributed by atoms with Crippen molar-refractivity contribution < 1.29 is 28.0 Å². The van der Waals surface area contributed by atoms with Crippen LogP contribution in [0.5, 0.6) is 5.75 Å². The fraction of sp³-hybridized carbons (Fsp3) is 0.0833. The number of amides is 2. The summed E-state index contributed by atoms with van der Waals surface area (Å²) in [6.45, 7) is 1.41. The minimum atomic E-state index is -1.16. The Labute approximate surface area is 180 Å². The molecule has 0 N–H and O–H groups in total. The minimum absolute atomic E-state index is 0.0870. The summed E-state index contributed by atoms with van der Waals surface area (Å²) >= 11 is 0. The van der Waals surface area contributed by atoms with Gasteiger partial charge in [0.2, 0.25) is 0 Å². The van der Waals surface area contributed by atoms with Crippen molar-refractivity contribution in [2.24, 2.45) is 0 Å². The van der Waals surface area contributed by atoms with E-state index in [0.717, 1.165) is 4.90 Å². The zero-order chi connectivity index (χ0) is 22.4. The Hall–Kier alpha value is -4.46. The molecule has 1 aliphatic heterocycles. The third-order valence-corrected chi connectivity index (χ3v) is 5.23. The van der Waals surface area contributed by atoms with Crippen LogP contribution in [-0.4, -0.2) is 28.7 Å². The predicted octanol–water partition coefficient (Wildman–Crippen LogP) is 3.64. The molecule has 1 atom stereocenters. The van der Waals surface area contributed by atoms with Gasteiger partial charge in [0, 0.05) is 6.07 Å². The van der Waals surface area contributed by atoms with Crippen LogP contribution < -0.4 is 10.2 Å². The molecule has 4 aromatic rings. The minimum Gasteiger partial charge on any atom is -0.461 e. The summed E-state index contributed by atoms with van der Waals surface area (Å²) in [5.41, 5.74) is 0.432. The summed E-state index contributed by atoms with van der Waals surface area (Å²) in [7, 11) is 0. The maximum Gasteiger partial charge on any atom is 0.334 e. The van der Waals surface area contributed by atoms with E-state index in [-0.39, 0.29) is 39.0 Å². The molecule has 32 heavy (non-hydrogen) atoms. The average Bonchev–Trinajstić information content (AvgIpc) is 3.41. The fourth-order valence-electron chi connectivity index (χ4n) is 3.61. The van der Waals surface area contributed by atoms with Crippen molar-refractivity contribution in [3.05, 3.63) is 88.3 Å². The lowest BCUT2D eigenvalue weighted by atomic mass is 10.1. The van der Waals surface area contributed by atoms with Crippen LogP contribution in [0.1, 0.15) is 27.6 Å². The Bertz CT molecular complexity index is 1410. The first-order valence-electron chi connectivity index (χ1n) is 9.74. The number of benzene rings is 2. The second kappa shape index (κ2) is 7.35. The van der Waals surface area contributed by atoms with E-state index in [0.29, 0.717) is 5.76 Å². The van der Waals surface area contributed by atoms with E-state index in [4.69, 9.17) is 13.6 Å². The van der Waals surface area contributed by atoms with Gasteiger partial charge in [-0.15, -0.1) is 0 Å². The number of imide groups is 1. The van der Waals surface area contributed by atoms with Crippen LogP contribution in [0.4, 0.5) is 0 Å². The lowest BCUT2D eigenvalue weighted by Gasteiger charge is -2.20. The highest BCUT2D eigenvalue weighted by atomic mass is 16.5. The lowest BCUT2D eigenvalue weighted by Crippen LogP contribution is -2.44. The van der Waals surface area contributed by atoms with Crippen LogP contribution in [0.25, 0.3) is 22.5 Å². The van der Waals surface area contributed by atoms with E-state index in [1.54, 1.807) is 24.3 Å². The zero-order valence-corrected chi connectivity index (χ0v) is 16.7. The molecule has 0 aliphatic carbocycles. The third-order valence-electron chi connectivity index (χ3n) is 5.23. The quantitative estimate of drug-likeness (QED) is 0.277. The molecule has 0 spiro atoms. The number of carbonyl (C=O) groups excluding carboxylic acids is 3. The van der Waals surface area contributed by atoms with Gasteiger partial charge in [0.1, 0.15) is 17.4 Å². The topological polar surface area (TPSA) is 107 Å². The van der Waals surface area contributed by atoms with Crippen molar-refractivity contribution in [2.45, 2.75) is 13.0 Å². The number of fused-ring (bicyclic) bond motifs is 2. The van der Waals surface area contributed by atoms with Gasteiger partial charge in [-0.3, -0.25) is 19.3 Å². The lowest BCUT2D eigenvalue weighted by molar-refractivity contribution is -0.138. The molecule has 2 aromatic carbocycles. The van der Waals surface area contributed by atoms with Gasteiger partial charge in [0.25, 0.3) is 11.8 Å². The number of furan rings is 1. The second-order valence-electron chi connectivity index (χ2n) is 7.23. The summed E-state index contributed by atoms with van der Waals surface area (Å²) in [4.78, 5) is 51.3. The first-order chi connectivity index (χ1) is 15.4. The first kappa shape index (κ1) is 19.5. The maximum atomic E-state index is 12.7. The molecule has 3 heterocycles. The SMILES string of the molecule is CC(C(=O)Oc1ccc2oc(-c3ccco3)cc(=O)c2c1)N1C(=O)c2ccccc2C1=O. The van der Waals surface area contributed by atoms with E-state index in [1.807, 2.05) is 0 Å². The zero-order valence-electron chi connectivity index (χ0n) is 16.7. The molecule has 158 valence electrons. The largest absolute Gasteiger partial charge is 0.461 e. The molecule has 0 fully saturated rings. The summed E-state index contributed by atoms with van der Waals surface area (Å²) in [5.74, 6) is -1.15. The summed E-state index contributed by atoms with van der Waals surface area (Å²) in [5, 5.41) is 0.207. The molecule has 1 unspecified atom stereocenters. The smallest absolute Gasteiger partial charge is 0.334 e. The number of ether oxygens (including phenoxy) is 1. The predicted molar refractivity (Wildman–Crippen MR) is 112 cm³/mol. The highest BCUT2D eigenvalue weighted by Crippen LogP contribution is 2.27. The molecule has 8 nitrogen and oxygen atoms in total. The Morgan fingerprint density at radius 3 is 2.28 bits per heavy atom. The Morgan fingerprint density at radius 2 is 1.62 bits per heavy atom. The maximum absolute atomic E-state index is 12.7. The average molecular weight is 429 g/mol. The van der Waals surface area contributed by atoms with Crippen molar-refractivity contribution in [3.8, 4) is 17.3 Å². The van der Waals surface area contributed by atoms with Crippen LogP contribution in [0.3, 0.4) is 0 Å². The molecule has 0 saturated heterocycles. The summed E-state index contributed by atoms with van der Waals surface area (Å²) < 4.78 is 16.3. The highest BCUT2D eigenvalue weighted by Gasteiger charge is 2.41. The molecule has 0 bridgehead atoms. The number of esters is 1. The van der Waals surface area contributed by atoms with Crippen LogP contribution in [-0.2, 0) is 4.79 Å². The second-order valence-corrected chi connectivity index (χ2v) is 7.23. The van der Waals surface area contributed by atoms with Crippen molar-refractivity contribution >= 4 is 28.8 Å². The number of rotatable bonds is 4. The Balaban J connectivity index is 1.40. The van der Waals surface area contributed by atoms with Crippen LogP contribution in [0.2, 0.25) is 0 Å².